The summed E-state index contributed by atoms with van der Waals surface area (Å²) < 4.78 is 0. The highest BCUT2D eigenvalue weighted by Gasteiger charge is 2.19. The summed E-state index contributed by atoms with van der Waals surface area (Å²) in [6, 6.07) is 24.2. The monoisotopic (exact) mass is 484 g/mol. The van der Waals surface area contributed by atoms with Crippen molar-refractivity contribution in [3.05, 3.63) is 112 Å². The molecule has 5 nitrogen and oxygen atoms in total. The minimum Gasteiger partial charge on any atom is -0.478 e. The lowest BCUT2D eigenvalue weighted by atomic mass is 9.94. The Labute approximate surface area is 209 Å². The number of carbonyl (C=O) groups excluding carboxylic acids is 1. The molecule has 0 saturated carbocycles. The number of hydrogen-bond donors (Lipinski definition) is 2. The summed E-state index contributed by atoms with van der Waals surface area (Å²) in [5, 5.41) is 14.2. The van der Waals surface area contributed by atoms with Crippen LogP contribution in [0.25, 0.3) is 23.1 Å². The van der Waals surface area contributed by atoms with Crippen LogP contribution in [0.1, 0.15) is 52.1 Å². The molecule has 35 heavy (non-hydrogen) atoms. The highest BCUT2D eigenvalue weighted by atomic mass is 35.5. The van der Waals surface area contributed by atoms with Crippen molar-refractivity contribution in [2.75, 3.05) is 0 Å². The van der Waals surface area contributed by atoms with Crippen molar-refractivity contribution in [3.63, 3.8) is 0 Å². The molecule has 0 spiro atoms. The molecule has 3 aromatic carbocycles. The van der Waals surface area contributed by atoms with E-state index >= 15 is 0 Å². The van der Waals surface area contributed by atoms with Crippen LogP contribution in [0, 0.1) is 0 Å². The van der Waals surface area contributed by atoms with Gasteiger partial charge in [-0.15, -0.1) is 0 Å². The van der Waals surface area contributed by atoms with Gasteiger partial charge in [0.25, 0.3) is 0 Å². The number of carboxylic acid groups (broad SMARTS) is 1. The summed E-state index contributed by atoms with van der Waals surface area (Å²) in [6.45, 7) is 1.44. The van der Waals surface area contributed by atoms with E-state index in [0.29, 0.717) is 23.4 Å². The number of benzene rings is 3. The van der Waals surface area contributed by atoms with Crippen molar-refractivity contribution in [3.8, 4) is 0 Å². The van der Waals surface area contributed by atoms with Crippen LogP contribution in [0.15, 0.2) is 78.9 Å². The molecule has 0 fully saturated rings. The van der Waals surface area contributed by atoms with Gasteiger partial charge in [-0.05, 0) is 59.9 Å². The van der Waals surface area contributed by atoms with Gasteiger partial charge in [0.1, 0.15) is 0 Å². The van der Waals surface area contributed by atoms with E-state index in [4.69, 9.17) is 11.6 Å². The van der Waals surface area contributed by atoms with E-state index in [-0.39, 0.29) is 11.5 Å². The third-order valence-electron chi connectivity index (χ3n) is 5.74. The molecular formula is C29H25ClN2O3. The Morgan fingerprint density at radius 1 is 1.00 bits per heavy atom. The first-order valence-electron chi connectivity index (χ1n) is 11.3. The Balaban J connectivity index is 1.50. The van der Waals surface area contributed by atoms with E-state index in [1.807, 2.05) is 60.7 Å². The third kappa shape index (κ3) is 6.34. The number of rotatable bonds is 8. The molecule has 176 valence electrons. The van der Waals surface area contributed by atoms with Crippen molar-refractivity contribution in [2.24, 2.45) is 0 Å². The fourth-order valence-corrected chi connectivity index (χ4v) is 4.26. The molecule has 2 N–H and O–H groups in total. The molecule has 0 bridgehead atoms. The highest BCUT2D eigenvalue weighted by molar-refractivity contribution is 6.31. The minimum atomic E-state index is -1.01. The largest absolute Gasteiger partial charge is 0.478 e. The number of amides is 1. The minimum absolute atomic E-state index is 0.198. The maximum absolute atomic E-state index is 11.8. The number of fused-ring (bicyclic) bond motifs is 1. The number of aromatic carboxylic acids is 1. The molecule has 1 atom stereocenters. The van der Waals surface area contributed by atoms with Crippen LogP contribution >= 0.6 is 11.6 Å². The van der Waals surface area contributed by atoms with Gasteiger partial charge in [0.15, 0.2) is 0 Å². The molecule has 4 rings (SSSR count). The third-order valence-corrected chi connectivity index (χ3v) is 5.97. The van der Waals surface area contributed by atoms with Gasteiger partial charge in [-0.2, -0.15) is 0 Å². The number of aromatic nitrogens is 1. The predicted octanol–water partition coefficient (Wildman–Crippen LogP) is 6.57. The van der Waals surface area contributed by atoms with Crippen molar-refractivity contribution in [2.45, 2.75) is 25.8 Å². The number of nitrogens with zero attached hydrogens (tertiary/aromatic N) is 1. The Kier molecular flexibility index (Phi) is 7.58. The summed E-state index contributed by atoms with van der Waals surface area (Å²) in [5.74, 6) is -1.20. The number of carbonyl (C=O) groups is 2. The molecule has 0 saturated heterocycles. The molecule has 1 unspecified atom stereocenters. The standard InChI is InChI=1S/C29H25ClN2O3/c1-19(33)31-27(25-7-2-3-8-26(25)29(34)35)16-10-21-6-4-5-20(17-21)9-14-24-15-12-22-11-13-23(30)18-28(22)32-24/h2-9,11-15,17-18,27H,10,16H2,1H3,(H,31,33)(H,34,35)/b14-9+. The number of pyridine rings is 1. The number of aryl methyl sites for hydroxylation is 1. The average Bonchev–Trinajstić information content (AvgIpc) is 2.85. The van der Waals surface area contributed by atoms with Crippen LogP contribution in [0.2, 0.25) is 5.02 Å². The van der Waals surface area contributed by atoms with Gasteiger partial charge in [-0.1, -0.05) is 72.3 Å². The van der Waals surface area contributed by atoms with E-state index in [0.717, 1.165) is 27.7 Å². The molecule has 0 aliphatic rings. The van der Waals surface area contributed by atoms with Crippen LogP contribution in [0.5, 0.6) is 0 Å². The van der Waals surface area contributed by atoms with Crippen molar-refractivity contribution in [1.29, 1.82) is 0 Å². The predicted molar refractivity (Wildman–Crippen MR) is 140 cm³/mol. The number of halogens is 1. The fraction of sp³-hybridized carbons (Fsp3) is 0.138. The average molecular weight is 485 g/mol. The van der Waals surface area contributed by atoms with Crippen molar-refractivity contribution < 1.29 is 14.7 Å². The van der Waals surface area contributed by atoms with E-state index in [1.54, 1.807) is 24.3 Å². The zero-order valence-electron chi connectivity index (χ0n) is 19.2. The molecule has 0 aliphatic heterocycles. The number of hydrogen-bond acceptors (Lipinski definition) is 3. The lowest BCUT2D eigenvalue weighted by molar-refractivity contribution is -0.119. The fourth-order valence-electron chi connectivity index (χ4n) is 4.09. The maximum atomic E-state index is 11.8. The zero-order valence-corrected chi connectivity index (χ0v) is 20.0. The first-order valence-corrected chi connectivity index (χ1v) is 11.7. The normalized spacial score (nSPS) is 12.1. The van der Waals surface area contributed by atoms with Crippen LogP contribution in [-0.4, -0.2) is 22.0 Å². The lowest BCUT2D eigenvalue weighted by Crippen LogP contribution is -2.28. The summed E-state index contributed by atoms with van der Waals surface area (Å²) in [7, 11) is 0. The Hall–Kier alpha value is -3.96. The lowest BCUT2D eigenvalue weighted by Gasteiger charge is -2.20. The Morgan fingerprint density at radius 3 is 2.60 bits per heavy atom. The van der Waals surface area contributed by atoms with Crippen LogP contribution in [0.4, 0.5) is 0 Å². The van der Waals surface area contributed by atoms with Crippen LogP contribution in [0.3, 0.4) is 0 Å². The van der Waals surface area contributed by atoms with E-state index in [2.05, 4.69) is 16.4 Å². The molecule has 1 amide bonds. The summed E-state index contributed by atoms with van der Waals surface area (Å²) in [5.41, 5.74) is 4.60. The quantitative estimate of drug-likeness (QED) is 0.296. The molecule has 1 aromatic heterocycles. The smallest absolute Gasteiger partial charge is 0.336 e. The van der Waals surface area contributed by atoms with E-state index < -0.39 is 12.0 Å². The molecule has 4 aromatic rings. The number of carboxylic acids is 1. The summed E-state index contributed by atoms with van der Waals surface area (Å²) in [6.07, 6.45) is 5.22. The maximum Gasteiger partial charge on any atom is 0.336 e. The molecule has 1 heterocycles. The molecule has 0 aliphatic carbocycles. The van der Waals surface area contributed by atoms with Crippen molar-refractivity contribution in [1.82, 2.24) is 10.3 Å². The summed E-state index contributed by atoms with van der Waals surface area (Å²) in [4.78, 5) is 28.1. The number of nitrogens with one attached hydrogen (secondary N) is 1. The van der Waals surface area contributed by atoms with E-state index in [9.17, 15) is 14.7 Å². The van der Waals surface area contributed by atoms with Gasteiger partial charge in [0.05, 0.1) is 22.8 Å². The van der Waals surface area contributed by atoms with Crippen LogP contribution in [-0.2, 0) is 11.2 Å². The second kappa shape index (κ2) is 11.0. The second-order valence-electron chi connectivity index (χ2n) is 8.34. The second-order valence-corrected chi connectivity index (χ2v) is 8.77. The summed E-state index contributed by atoms with van der Waals surface area (Å²) >= 11 is 6.09. The molecular weight excluding hydrogens is 460 g/mol. The van der Waals surface area contributed by atoms with Gasteiger partial charge in [0.2, 0.25) is 5.91 Å². The molecule has 0 radical (unpaired) electrons. The van der Waals surface area contributed by atoms with Crippen LogP contribution < -0.4 is 5.32 Å². The van der Waals surface area contributed by atoms with Gasteiger partial charge >= 0.3 is 5.97 Å². The first kappa shape index (κ1) is 24.2. The Morgan fingerprint density at radius 2 is 1.80 bits per heavy atom. The van der Waals surface area contributed by atoms with Gasteiger partial charge in [-0.25, -0.2) is 9.78 Å². The SMILES string of the molecule is CC(=O)NC(CCc1cccc(/C=C/c2ccc3ccc(Cl)cc3n2)c1)c1ccccc1C(=O)O. The van der Waals surface area contributed by atoms with Gasteiger partial charge in [0, 0.05) is 17.3 Å². The molecule has 6 heteroatoms. The van der Waals surface area contributed by atoms with E-state index in [1.165, 1.54) is 6.92 Å². The Bertz CT molecular complexity index is 1410. The van der Waals surface area contributed by atoms with Gasteiger partial charge < -0.3 is 10.4 Å². The topological polar surface area (TPSA) is 79.3 Å². The zero-order chi connectivity index (χ0) is 24.8. The van der Waals surface area contributed by atoms with Gasteiger partial charge in [-0.3, -0.25) is 4.79 Å². The highest BCUT2D eigenvalue weighted by Crippen LogP contribution is 2.24. The van der Waals surface area contributed by atoms with Crippen molar-refractivity contribution >= 4 is 46.5 Å². The first-order chi connectivity index (χ1) is 16.9.